The Bertz CT molecular complexity index is 376. The maximum Gasteiger partial charge on any atom is 0.306 e. The minimum Gasteiger partial charge on any atom is -0.466 e. The molecule has 1 aliphatic carbocycles. The Kier molecular flexibility index (Phi) is 3.70. The summed E-state index contributed by atoms with van der Waals surface area (Å²) < 4.78 is 5.03. The quantitative estimate of drug-likeness (QED) is 0.648. The molecule has 0 saturated carbocycles. The Morgan fingerprint density at radius 1 is 1.29 bits per heavy atom. The van der Waals surface area contributed by atoms with E-state index in [1.54, 1.807) is 0 Å². The molecular formula is C15H22O2. The molecule has 1 heterocycles. The molecule has 0 spiro atoms. The van der Waals surface area contributed by atoms with Gasteiger partial charge in [0.15, 0.2) is 0 Å². The molecule has 0 radical (unpaired) electrons. The van der Waals surface area contributed by atoms with Crippen LogP contribution >= 0.6 is 0 Å². The summed E-state index contributed by atoms with van der Waals surface area (Å²) in [7, 11) is 0. The highest BCUT2D eigenvalue weighted by molar-refractivity contribution is 5.71. The van der Waals surface area contributed by atoms with Crippen molar-refractivity contribution in [3.05, 3.63) is 22.8 Å². The van der Waals surface area contributed by atoms with Crippen molar-refractivity contribution in [3.8, 4) is 0 Å². The van der Waals surface area contributed by atoms with Crippen LogP contribution in [0.3, 0.4) is 0 Å². The van der Waals surface area contributed by atoms with Crippen molar-refractivity contribution < 1.29 is 9.53 Å². The molecular weight excluding hydrogens is 212 g/mol. The van der Waals surface area contributed by atoms with E-state index in [1.165, 1.54) is 23.1 Å². The summed E-state index contributed by atoms with van der Waals surface area (Å²) in [5.74, 6) is 1.01. The number of hydrogen-bond donors (Lipinski definition) is 0. The number of allylic oxidation sites excluding steroid dienone is 4. The maximum absolute atomic E-state index is 11.4. The molecule has 0 unspecified atom stereocenters. The van der Waals surface area contributed by atoms with Crippen LogP contribution in [0.25, 0.3) is 0 Å². The minimum atomic E-state index is -0.0371. The summed E-state index contributed by atoms with van der Waals surface area (Å²) in [6, 6.07) is 0. The number of rotatable bonds is 1. The summed E-state index contributed by atoms with van der Waals surface area (Å²) in [5.41, 5.74) is 4.33. The summed E-state index contributed by atoms with van der Waals surface area (Å²) >= 11 is 0. The van der Waals surface area contributed by atoms with Crippen LogP contribution in [0.4, 0.5) is 0 Å². The van der Waals surface area contributed by atoms with E-state index in [1.807, 2.05) is 0 Å². The zero-order valence-electron chi connectivity index (χ0n) is 11.1. The lowest BCUT2D eigenvalue weighted by atomic mass is 9.87. The largest absolute Gasteiger partial charge is 0.466 e. The molecule has 2 heteroatoms. The Hall–Kier alpha value is -1.05. The molecule has 17 heavy (non-hydrogen) atoms. The Labute approximate surface area is 104 Å². The lowest BCUT2D eigenvalue weighted by molar-refractivity contribution is -0.148. The van der Waals surface area contributed by atoms with Gasteiger partial charge in [0.25, 0.3) is 0 Å². The van der Waals surface area contributed by atoms with E-state index in [0.29, 0.717) is 24.9 Å². The third kappa shape index (κ3) is 2.80. The van der Waals surface area contributed by atoms with Crippen LogP contribution in [0.15, 0.2) is 22.8 Å². The van der Waals surface area contributed by atoms with Crippen molar-refractivity contribution >= 4 is 5.97 Å². The van der Waals surface area contributed by atoms with Crippen molar-refractivity contribution in [2.45, 2.75) is 46.5 Å². The molecule has 1 saturated heterocycles. The second-order valence-corrected chi connectivity index (χ2v) is 5.47. The van der Waals surface area contributed by atoms with Gasteiger partial charge in [-0.2, -0.15) is 0 Å². The zero-order valence-corrected chi connectivity index (χ0v) is 11.1. The number of cyclic esters (lactones) is 1. The van der Waals surface area contributed by atoms with Gasteiger partial charge in [-0.15, -0.1) is 0 Å². The van der Waals surface area contributed by atoms with Crippen LogP contribution in [0.5, 0.6) is 0 Å². The van der Waals surface area contributed by atoms with Gasteiger partial charge in [0.2, 0.25) is 0 Å². The van der Waals surface area contributed by atoms with Gasteiger partial charge in [-0.25, -0.2) is 0 Å². The van der Waals surface area contributed by atoms with E-state index in [-0.39, 0.29) is 5.97 Å². The average Bonchev–Trinajstić information content (AvgIpc) is 2.43. The summed E-state index contributed by atoms with van der Waals surface area (Å²) in [4.78, 5) is 11.4. The van der Waals surface area contributed by atoms with E-state index in [0.717, 1.165) is 12.8 Å². The van der Waals surface area contributed by atoms with E-state index >= 15 is 0 Å². The second-order valence-electron chi connectivity index (χ2n) is 5.47. The first-order valence-corrected chi connectivity index (χ1v) is 6.61. The summed E-state index contributed by atoms with van der Waals surface area (Å²) in [6.07, 6.45) is 6.27. The molecule has 1 aliphatic heterocycles. The highest BCUT2D eigenvalue weighted by Gasteiger charge is 2.25. The molecule has 0 N–H and O–H groups in total. The van der Waals surface area contributed by atoms with Crippen LogP contribution in [0, 0.1) is 11.8 Å². The van der Waals surface area contributed by atoms with Crippen molar-refractivity contribution in [3.63, 3.8) is 0 Å². The van der Waals surface area contributed by atoms with Crippen LogP contribution in [-0.2, 0) is 9.53 Å². The SMILES string of the molecule is CC1=CC([C@@H]2CCOC(=O)C2)=C(C)CC[C@H]1C. The minimum absolute atomic E-state index is 0.0371. The first-order valence-electron chi connectivity index (χ1n) is 6.61. The number of esters is 1. The molecule has 1 fully saturated rings. The summed E-state index contributed by atoms with van der Waals surface area (Å²) in [5, 5.41) is 0. The highest BCUT2D eigenvalue weighted by atomic mass is 16.5. The standard InChI is InChI=1S/C15H22O2/c1-10-4-5-11(2)14(8-12(10)3)13-6-7-17-15(16)9-13/h8,10,13H,4-7,9H2,1-3H3/t10-,13-/m1/s1. The van der Waals surface area contributed by atoms with Crippen LogP contribution in [-0.4, -0.2) is 12.6 Å². The molecule has 94 valence electrons. The third-order valence-corrected chi connectivity index (χ3v) is 4.19. The third-order valence-electron chi connectivity index (χ3n) is 4.19. The van der Waals surface area contributed by atoms with Crippen LogP contribution in [0.2, 0.25) is 0 Å². The normalized spacial score (nSPS) is 30.8. The van der Waals surface area contributed by atoms with Crippen molar-refractivity contribution in [2.24, 2.45) is 11.8 Å². The molecule has 2 aliphatic rings. The number of hydrogen-bond acceptors (Lipinski definition) is 2. The number of carbonyl (C=O) groups is 1. The number of ether oxygens (including phenoxy) is 1. The van der Waals surface area contributed by atoms with Gasteiger partial charge < -0.3 is 4.74 Å². The maximum atomic E-state index is 11.4. The van der Waals surface area contributed by atoms with Gasteiger partial charge in [0.1, 0.15) is 0 Å². The molecule has 0 aromatic heterocycles. The van der Waals surface area contributed by atoms with Gasteiger partial charge in [-0.3, -0.25) is 4.79 Å². The van der Waals surface area contributed by atoms with Gasteiger partial charge in [-0.05, 0) is 50.5 Å². The van der Waals surface area contributed by atoms with E-state index in [9.17, 15) is 4.79 Å². The van der Waals surface area contributed by atoms with Gasteiger partial charge >= 0.3 is 5.97 Å². The lowest BCUT2D eigenvalue weighted by Crippen LogP contribution is -2.22. The molecule has 2 atom stereocenters. The smallest absolute Gasteiger partial charge is 0.306 e. The lowest BCUT2D eigenvalue weighted by Gasteiger charge is -2.24. The first-order chi connectivity index (χ1) is 8.08. The fourth-order valence-corrected chi connectivity index (χ4v) is 2.72. The highest BCUT2D eigenvalue weighted by Crippen LogP contribution is 2.34. The molecule has 0 bridgehead atoms. The topological polar surface area (TPSA) is 26.3 Å². The number of carbonyl (C=O) groups excluding carboxylic acids is 1. The zero-order chi connectivity index (χ0) is 12.4. The molecule has 2 rings (SSSR count). The molecule has 0 aromatic carbocycles. The Morgan fingerprint density at radius 2 is 2.06 bits per heavy atom. The monoisotopic (exact) mass is 234 g/mol. The molecule has 0 aromatic rings. The average molecular weight is 234 g/mol. The molecule has 0 amide bonds. The van der Waals surface area contributed by atoms with E-state index < -0.39 is 0 Å². The fraction of sp³-hybridized carbons (Fsp3) is 0.667. The van der Waals surface area contributed by atoms with Crippen molar-refractivity contribution in [1.82, 2.24) is 0 Å². The van der Waals surface area contributed by atoms with Gasteiger partial charge in [0.05, 0.1) is 13.0 Å². The second kappa shape index (κ2) is 5.07. The van der Waals surface area contributed by atoms with Crippen LogP contribution in [0.1, 0.15) is 46.5 Å². The van der Waals surface area contributed by atoms with Crippen molar-refractivity contribution in [1.29, 1.82) is 0 Å². The van der Waals surface area contributed by atoms with Crippen molar-refractivity contribution in [2.75, 3.05) is 6.61 Å². The Balaban J connectivity index is 2.24. The van der Waals surface area contributed by atoms with Gasteiger partial charge in [-0.1, -0.05) is 24.1 Å². The van der Waals surface area contributed by atoms with Gasteiger partial charge in [0, 0.05) is 0 Å². The predicted octanol–water partition coefficient (Wildman–Crippen LogP) is 3.63. The van der Waals surface area contributed by atoms with Crippen LogP contribution < -0.4 is 0 Å². The predicted molar refractivity (Wildman–Crippen MR) is 68.5 cm³/mol. The Morgan fingerprint density at radius 3 is 2.76 bits per heavy atom. The first kappa shape index (κ1) is 12.4. The van der Waals surface area contributed by atoms with E-state index in [2.05, 4.69) is 26.8 Å². The fourth-order valence-electron chi connectivity index (χ4n) is 2.72. The summed E-state index contributed by atoms with van der Waals surface area (Å²) in [6.45, 7) is 7.31. The van der Waals surface area contributed by atoms with E-state index in [4.69, 9.17) is 4.74 Å². The molecule has 2 nitrogen and oxygen atoms in total.